The first-order valence-corrected chi connectivity index (χ1v) is 7.18. The van der Waals surface area contributed by atoms with Crippen LogP contribution in [0.3, 0.4) is 0 Å². The number of carboxylic acids is 1. The lowest BCUT2D eigenvalue weighted by Gasteiger charge is -2.10. The predicted octanol–water partition coefficient (Wildman–Crippen LogP) is 1.74. The highest BCUT2D eigenvalue weighted by atomic mass is 35.5. The number of anilines is 1. The lowest BCUT2D eigenvalue weighted by molar-refractivity contribution is -0.384. The molecule has 0 aliphatic carbocycles. The summed E-state index contributed by atoms with van der Waals surface area (Å²) in [7, 11) is -1.04. The minimum absolute atomic E-state index is 0.0616. The Morgan fingerprint density at radius 3 is 2.68 bits per heavy atom. The van der Waals surface area contributed by atoms with E-state index in [0.29, 0.717) is 5.75 Å². The van der Waals surface area contributed by atoms with Gasteiger partial charge in [0.25, 0.3) is 5.69 Å². The number of halogens is 1. The predicted molar refractivity (Wildman–Crippen MR) is 72.5 cm³/mol. The molecule has 0 aliphatic heterocycles. The van der Waals surface area contributed by atoms with Crippen LogP contribution in [0, 0.1) is 10.1 Å². The van der Waals surface area contributed by atoms with Gasteiger partial charge in [-0.05, 0) is 0 Å². The summed E-state index contributed by atoms with van der Waals surface area (Å²) in [5.41, 5.74) is -0.599. The summed E-state index contributed by atoms with van der Waals surface area (Å²) in [5, 5.41) is 22.3. The van der Waals surface area contributed by atoms with Crippen molar-refractivity contribution in [2.75, 3.05) is 23.9 Å². The van der Waals surface area contributed by atoms with Crippen molar-refractivity contribution in [2.45, 2.75) is 0 Å². The molecule has 1 aromatic rings. The minimum atomic E-state index is -1.33. The average Bonchev–Trinajstić information content (AvgIpc) is 2.29. The van der Waals surface area contributed by atoms with Crippen LogP contribution < -0.4 is 5.32 Å². The van der Waals surface area contributed by atoms with Crippen molar-refractivity contribution in [2.24, 2.45) is 0 Å². The van der Waals surface area contributed by atoms with Gasteiger partial charge < -0.3 is 10.4 Å². The van der Waals surface area contributed by atoms with Crippen LogP contribution in [-0.4, -0.2) is 38.8 Å². The molecule has 0 saturated carbocycles. The number of benzene rings is 1. The van der Waals surface area contributed by atoms with E-state index >= 15 is 0 Å². The van der Waals surface area contributed by atoms with E-state index in [9.17, 15) is 19.1 Å². The Morgan fingerprint density at radius 1 is 1.58 bits per heavy atom. The van der Waals surface area contributed by atoms with Gasteiger partial charge in [0.2, 0.25) is 0 Å². The maximum Gasteiger partial charge on any atom is 0.338 e. The van der Waals surface area contributed by atoms with Gasteiger partial charge in [-0.25, -0.2) is 4.79 Å². The van der Waals surface area contributed by atoms with Crippen LogP contribution in [0.15, 0.2) is 12.1 Å². The zero-order valence-corrected chi connectivity index (χ0v) is 11.5. The molecule has 1 atom stereocenters. The Kier molecular flexibility index (Phi) is 5.25. The van der Waals surface area contributed by atoms with Crippen molar-refractivity contribution in [1.29, 1.82) is 0 Å². The number of nitrogens with zero attached hydrogens (tertiary/aromatic N) is 1. The SMILES string of the molecule is CS(=O)CCNc1c(Cl)cc([N+](=O)[O-])cc1C(=O)O. The lowest BCUT2D eigenvalue weighted by Crippen LogP contribution is -2.13. The summed E-state index contributed by atoms with van der Waals surface area (Å²) < 4.78 is 10.9. The number of non-ortho nitro benzene ring substituents is 1. The van der Waals surface area contributed by atoms with Crippen molar-refractivity contribution in [3.8, 4) is 0 Å². The number of nitro benzene ring substituents is 1. The minimum Gasteiger partial charge on any atom is -0.478 e. The number of carboxylic acid groups (broad SMARTS) is 1. The fourth-order valence-corrected chi connectivity index (χ4v) is 2.04. The standard InChI is InChI=1S/C10H11ClN2O5S/c1-19(18)3-2-12-9-7(10(14)15)4-6(13(16)17)5-8(9)11/h4-5,12H,2-3H2,1H3,(H,14,15). The molecule has 0 bridgehead atoms. The third-order valence-corrected chi connectivity index (χ3v) is 3.28. The van der Waals surface area contributed by atoms with Crippen LogP contribution in [0.2, 0.25) is 5.02 Å². The van der Waals surface area contributed by atoms with Gasteiger partial charge in [0.1, 0.15) is 0 Å². The molecule has 0 amide bonds. The smallest absolute Gasteiger partial charge is 0.338 e. The van der Waals surface area contributed by atoms with Crippen LogP contribution >= 0.6 is 11.6 Å². The van der Waals surface area contributed by atoms with E-state index < -0.39 is 27.4 Å². The van der Waals surface area contributed by atoms with E-state index in [1.807, 2.05) is 0 Å². The summed E-state index contributed by atoms with van der Waals surface area (Å²) in [4.78, 5) is 21.0. The van der Waals surface area contributed by atoms with Crippen molar-refractivity contribution >= 4 is 39.7 Å². The molecule has 1 aromatic carbocycles. The quantitative estimate of drug-likeness (QED) is 0.612. The van der Waals surface area contributed by atoms with E-state index in [1.54, 1.807) is 0 Å². The molecule has 7 nitrogen and oxygen atoms in total. The molecule has 0 fully saturated rings. The van der Waals surface area contributed by atoms with Crippen molar-refractivity contribution in [3.05, 3.63) is 32.8 Å². The third kappa shape index (κ3) is 4.18. The van der Waals surface area contributed by atoms with E-state index in [2.05, 4.69) is 5.32 Å². The van der Waals surface area contributed by atoms with Crippen LogP contribution in [0.4, 0.5) is 11.4 Å². The van der Waals surface area contributed by atoms with E-state index in [1.165, 1.54) is 6.26 Å². The fraction of sp³-hybridized carbons (Fsp3) is 0.300. The Hall–Kier alpha value is -1.67. The second kappa shape index (κ2) is 6.48. The topological polar surface area (TPSA) is 110 Å². The summed E-state index contributed by atoms with van der Waals surface area (Å²) >= 11 is 5.83. The van der Waals surface area contributed by atoms with Crippen LogP contribution in [0.5, 0.6) is 0 Å². The van der Waals surface area contributed by atoms with E-state index in [0.717, 1.165) is 12.1 Å². The summed E-state index contributed by atoms with van der Waals surface area (Å²) in [6, 6.07) is 2.00. The van der Waals surface area contributed by atoms with Gasteiger partial charge in [-0.3, -0.25) is 14.3 Å². The molecule has 104 valence electrons. The molecule has 1 rings (SSSR count). The number of carbonyl (C=O) groups is 1. The first-order chi connectivity index (χ1) is 8.82. The second-order valence-corrected chi connectivity index (χ2v) is 5.58. The normalized spacial score (nSPS) is 11.9. The van der Waals surface area contributed by atoms with Gasteiger partial charge in [0.15, 0.2) is 0 Å². The number of hydrogen-bond acceptors (Lipinski definition) is 5. The van der Waals surface area contributed by atoms with Gasteiger partial charge in [-0.1, -0.05) is 11.6 Å². The maximum atomic E-state index is 11.1. The van der Waals surface area contributed by atoms with Gasteiger partial charge in [-0.2, -0.15) is 0 Å². The number of nitrogens with one attached hydrogen (secondary N) is 1. The third-order valence-electron chi connectivity index (χ3n) is 2.21. The fourth-order valence-electron chi connectivity index (χ4n) is 1.37. The van der Waals surface area contributed by atoms with Crippen LogP contribution in [0.25, 0.3) is 0 Å². The first kappa shape index (κ1) is 15.4. The number of hydrogen-bond donors (Lipinski definition) is 2. The Morgan fingerprint density at radius 2 is 2.21 bits per heavy atom. The van der Waals surface area contributed by atoms with Gasteiger partial charge in [-0.15, -0.1) is 0 Å². The Bertz CT molecular complexity index is 549. The molecule has 0 aromatic heterocycles. The highest BCUT2D eigenvalue weighted by Gasteiger charge is 2.19. The van der Waals surface area contributed by atoms with Crippen molar-refractivity contribution in [1.82, 2.24) is 0 Å². The van der Waals surface area contributed by atoms with E-state index in [4.69, 9.17) is 16.7 Å². The molecule has 0 heterocycles. The van der Waals surface area contributed by atoms with Crippen molar-refractivity contribution in [3.63, 3.8) is 0 Å². The number of nitro groups is 1. The largest absolute Gasteiger partial charge is 0.478 e. The highest BCUT2D eigenvalue weighted by molar-refractivity contribution is 7.84. The van der Waals surface area contributed by atoms with Crippen LogP contribution in [-0.2, 0) is 10.8 Å². The molecular formula is C10H11ClN2O5S. The molecule has 0 radical (unpaired) electrons. The average molecular weight is 307 g/mol. The zero-order valence-electron chi connectivity index (χ0n) is 9.88. The maximum absolute atomic E-state index is 11.1. The number of rotatable bonds is 6. The molecule has 19 heavy (non-hydrogen) atoms. The molecule has 1 unspecified atom stereocenters. The molecule has 9 heteroatoms. The van der Waals surface area contributed by atoms with E-state index in [-0.39, 0.29) is 22.8 Å². The molecule has 0 aliphatic rings. The zero-order chi connectivity index (χ0) is 14.6. The van der Waals surface area contributed by atoms with Gasteiger partial charge >= 0.3 is 5.97 Å². The Labute approximate surface area is 116 Å². The summed E-state index contributed by atoms with van der Waals surface area (Å²) in [6.07, 6.45) is 1.51. The summed E-state index contributed by atoms with van der Waals surface area (Å²) in [5.74, 6) is -1.02. The van der Waals surface area contributed by atoms with Crippen molar-refractivity contribution < 1.29 is 19.0 Å². The van der Waals surface area contributed by atoms with Crippen LogP contribution in [0.1, 0.15) is 10.4 Å². The Balaban J connectivity index is 3.11. The first-order valence-electron chi connectivity index (χ1n) is 5.08. The highest BCUT2D eigenvalue weighted by Crippen LogP contribution is 2.31. The van der Waals surface area contributed by atoms with Gasteiger partial charge in [0, 0.05) is 41.5 Å². The molecule has 0 spiro atoms. The second-order valence-electron chi connectivity index (χ2n) is 3.62. The molecule has 2 N–H and O–H groups in total. The molecule has 0 saturated heterocycles. The number of aromatic carboxylic acids is 1. The van der Waals surface area contributed by atoms with Gasteiger partial charge in [0.05, 0.1) is 21.2 Å². The molecular weight excluding hydrogens is 296 g/mol. The lowest BCUT2D eigenvalue weighted by atomic mass is 10.1. The monoisotopic (exact) mass is 306 g/mol. The summed E-state index contributed by atoms with van der Waals surface area (Å²) in [6.45, 7) is 0.251.